The molecule has 36 heavy (non-hydrogen) atoms. The molecule has 1 fully saturated rings. The Bertz CT molecular complexity index is 1440. The first-order chi connectivity index (χ1) is 17.3. The van der Waals surface area contributed by atoms with Crippen LogP contribution in [-0.4, -0.2) is 34.0 Å². The van der Waals surface area contributed by atoms with E-state index >= 15 is 0 Å². The maximum absolute atomic E-state index is 12.4. The number of H-pyrrole nitrogens is 1. The summed E-state index contributed by atoms with van der Waals surface area (Å²) in [5, 5.41) is 11.2. The summed E-state index contributed by atoms with van der Waals surface area (Å²) in [7, 11) is 0. The van der Waals surface area contributed by atoms with E-state index in [-0.39, 0.29) is 12.3 Å². The van der Waals surface area contributed by atoms with Gasteiger partial charge in [-0.1, -0.05) is 42.5 Å². The van der Waals surface area contributed by atoms with Crippen LogP contribution >= 0.6 is 0 Å². The predicted octanol–water partition coefficient (Wildman–Crippen LogP) is 5.53. The van der Waals surface area contributed by atoms with Gasteiger partial charge in [0.25, 0.3) is 0 Å². The van der Waals surface area contributed by atoms with Crippen molar-refractivity contribution < 1.29 is 23.8 Å². The lowest BCUT2D eigenvalue weighted by Crippen LogP contribution is -2.26. The summed E-state index contributed by atoms with van der Waals surface area (Å²) in [6.45, 7) is 3.26. The third kappa shape index (κ3) is 5.45. The van der Waals surface area contributed by atoms with Gasteiger partial charge in [0.15, 0.2) is 6.10 Å². The van der Waals surface area contributed by atoms with Gasteiger partial charge in [-0.25, -0.2) is 4.79 Å². The monoisotopic (exact) mass is 483 g/mol. The number of esters is 1. The van der Waals surface area contributed by atoms with Gasteiger partial charge in [-0.15, -0.1) is 0 Å². The Hall–Kier alpha value is -4.43. The number of nitrogens with zero attached hydrogens (tertiary/aromatic N) is 1. The lowest BCUT2D eigenvalue weighted by Gasteiger charge is -2.15. The van der Waals surface area contributed by atoms with Crippen LogP contribution in [0.3, 0.4) is 0 Å². The molecule has 1 aromatic heterocycles. The highest BCUT2D eigenvalue weighted by molar-refractivity contribution is 5.94. The van der Waals surface area contributed by atoms with E-state index in [1.165, 1.54) is 0 Å². The van der Waals surface area contributed by atoms with Crippen LogP contribution in [0.25, 0.3) is 23.1 Å². The van der Waals surface area contributed by atoms with E-state index in [0.29, 0.717) is 17.2 Å². The van der Waals surface area contributed by atoms with E-state index in [2.05, 4.69) is 15.5 Å². The number of benzene rings is 3. The van der Waals surface area contributed by atoms with Crippen LogP contribution in [-0.2, 0) is 19.1 Å². The molecule has 1 aliphatic heterocycles. The van der Waals surface area contributed by atoms with Crippen LogP contribution in [0.4, 0.5) is 5.69 Å². The molecule has 3 aromatic carbocycles. The first-order valence-corrected chi connectivity index (χ1v) is 11.5. The Morgan fingerprint density at radius 3 is 2.64 bits per heavy atom. The van der Waals surface area contributed by atoms with E-state index in [9.17, 15) is 9.59 Å². The highest BCUT2D eigenvalue weighted by Crippen LogP contribution is 2.29. The molecule has 182 valence electrons. The maximum Gasteiger partial charge on any atom is 0.338 e. The highest BCUT2D eigenvalue weighted by atomic mass is 16.8. The number of nitrogens with one attached hydrogen (secondary N) is 2. The van der Waals surface area contributed by atoms with Crippen molar-refractivity contribution in [2.45, 2.75) is 32.2 Å². The molecular weight excluding hydrogens is 458 g/mol. The number of amides is 1. The number of aromatic amines is 1. The molecule has 5 rings (SSSR count). The van der Waals surface area contributed by atoms with Crippen molar-refractivity contribution in [3.63, 3.8) is 0 Å². The smallest absolute Gasteiger partial charge is 0.338 e. The van der Waals surface area contributed by atoms with Gasteiger partial charge in [-0.05, 0) is 35.9 Å². The van der Waals surface area contributed by atoms with E-state index in [1.54, 1.807) is 38.1 Å². The molecule has 4 aromatic rings. The standard InChI is InChI=1S/C28H25N3O5/c1-28(2)35-25(27(33)36-28)17-26(32)29-19-9-6-10-20(15-19)34-21-12-13-22-23(30-31-24(22)16-21)14-11-18-7-4-3-5-8-18/h3-16,25H,17H2,1-2H3,(H,29,32)(H,30,31)/b14-11+/t25-/m0/s1. The molecule has 0 bridgehead atoms. The lowest BCUT2D eigenvalue weighted by molar-refractivity contribution is -0.160. The minimum atomic E-state index is -1.02. The lowest BCUT2D eigenvalue weighted by atomic mass is 10.1. The SMILES string of the molecule is CC1(C)OC(=O)[C@H](CC(=O)Nc2cccc(Oc3ccc4c(/C=C/c5ccccc5)n[nH]c4c3)c2)O1. The van der Waals surface area contributed by atoms with Crippen molar-refractivity contribution in [3.05, 3.63) is 84.1 Å². The van der Waals surface area contributed by atoms with Gasteiger partial charge in [0.2, 0.25) is 11.7 Å². The minimum Gasteiger partial charge on any atom is -0.457 e. The molecule has 2 heterocycles. The second-order valence-electron chi connectivity index (χ2n) is 8.87. The maximum atomic E-state index is 12.4. The van der Waals surface area contributed by atoms with Gasteiger partial charge in [-0.3, -0.25) is 9.89 Å². The number of carbonyl (C=O) groups is 2. The van der Waals surface area contributed by atoms with Crippen molar-refractivity contribution in [3.8, 4) is 11.5 Å². The van der Waals surface area contributed by atoms with Crippen molar-refractivity contribution in [1.82, 2.24) is 10.2 Å². The molecule has 2 N–H and O–H groups in total. The Labute approximate surface area is 207 Å². The Balaban J connectivity index is 1.24. The number of aromatic nitrogens is 2. The molecule has 1 saturated heterocycles. The molecule has 0 aliphatic carbocycles. The van der Waals surface area contributed by atoms with Gasteiger partial charge >= 0.3 is 5.97 Å². The Kier molecular flexibility index (Phi) is 6.26. The Morgan fingerprint density at radius 2 is 1.86 bits per heavy atom. The van der Waals surface area contributed by atoms with E-state index in [4.69, 9.17) is 14.2 Å². The van der Waals surface area contributed by atoms with Crippen LogP contribution in [0, 0.1) is 0 Å². The summed E-state index contributed by atoms with van der Waals surface area (Å²) in [4.78, 5) is 24.3. The fourth-order valence-electron chi connectivity index (χ4n) is 3.95. The number of anilines is 1. The minimum absolute atomic E-state index is 0.134. The van der Waals surface area contributed by atoms with Gasteiger partial charge in [0, 0.05) is 37.1 Å². The number of hydrogen-bond donors (Lipinski definition) is 2. The van der Waals surface area contributed by atoms with Crippen LogP contribution in [0.1, 0.15) is 31.5 Å². The van der Waals surface area contributed by atoms with Crippen LogP contribution < -0.4 is 10.1 Å². The quantitative estimate of drug-likeness (QED) is 0.335. The average Bonchev–Trinajstić information content (AvgIpc) is 3.36. The fraction of sp³-hybridized carbons (Fsp3) is 0.179. The van der Waals surface area contributed by atoms with Gasteiger partial charge in [-0.2, -0.15) is 5.10 Å². The zero-order chi connectivity index (χ0) is 25.1. The summed E-state index contributed by atoms with van der Waals surface area (Å²) < 4.78 is 16.6. The first-order valence-electron chi connectivity index (χ1n) is 11.5. The summed E-state index contributed by atoms with van der Waals surface area (Å²) in [5.41, 5.74) is 3.32. The van der Waals surface area contributed by atoms with Gasteiger partial charge < -0.3 is 19.5 Å². The number of rotatable bonds is 7. The molecular formula is C28H25N3O5. The first kappa shape index (κ1) is 23.3. The molecule has 0 radical (unpaired) electrons. The normalized spacial score (nSPS) is 16.8. The number of ether oxygens (including phenoxy) is 3. The summed E-state index contributed by atoms with van der Waals surface area (Å²) in [6, 6.07) is 22.7. The molecule has 8 nitrogen and oxygen atoms in total. The van der Waals surface area contributed by atoms with E-state index in [0.717, 1.165) is 22.2 Å². The van der Waals surface area contributed by atoms with Gasteiger partial charge in [0.1, 0.15) is 11.5 Å². The Morgan fingerprint density at radius 1 is 1.06 bits per heavy atom. The number of hydrogen-bond acceptors (Lipinski definition) is 6. The molecule has 8 heteroatoms. The van der Waals surface area contributed by atoms with Crippen molar-refractivity contribution in [2.75, 3.05) is 5.32 Å². The molecule has 0 unspecified atom stereocenters. The van der Waals surface area contributed by atoms with Crippen molar-refractivity contribution >= 4 is 40.6 Å². The molecule has 1 amide bonds. The summed E-state index contributed by atoms with van der Waals surface area (Å²) in [5.74, 6) is -0.752. The second kappa shape index (κ2) is 9.67. The van der Waals surface area contributed by atoms with E-state index in [1.807, 2.05) is 60.7 Å². The van der Waals surface area contributed by atoms with E-state index < -0.39 is 17.9 Å². The largest absolute Gasteiger partial charge is 0.457 e. The average molecular weight is 484 g/mol. The predicted molar refractivity (Wildman–Crippen MR) is 136 cm³/mol. The summed E-state index contributed by atoms with van der Waals surface area (Å²) in [6.07, 6.45) is 2.93. The zero-order valence-electron chi connectivity index (χ0n) is 19.9. The highest BCUT2D eigenvalue weighted by Gasteiger charge is 2.41. The number of fused-ring (bicyclic) bond motifs is 1. The van der Waals surface area contributed by atoms with Crippen LogP contribution in [0.2, 0.25) is 0 Å². The zero-order valence-corrected chi connectivity index (χ0v) is 19.9. The van der Waals surface area contributed by atoms with Gasteiger partial charge in [0.05, 0.1) is 17.6 Å². The van der Waals surface area contributed by atoms with Crippen LogP contribution in [0.15, 0.2) is 72.8 Å². The molecule has 0 saturated carbocycles. The summed E-state index contributed by atoms with van der Waals surface area (Å²) >= 11 is 0. The molecule has 1 aliphatic rings. The van der Waals surface area contributed by atoms with Crippen LogP contribution in [0.5, 0.6) is 11.5 Å². The molecule has 1 atom stereocenters. The molecule has 0 spiro atoms. The topological polar surface area (TPSA) is 103 Å². The third-order valence-electron chi connectivity index (χ3n) is 5.56. The fourth-order valence-corrected chi connectivity index (χ4v) is 3.95. The third-order valence-corrected chi connectivity index (χ3v) is 5.56. The number of carbonyl (C=O) groups excluding carboxylic acids is 2. The number of cyclic esters (lactones) is 1. The van der Waals surface area contributed by atoms with Crippen molar-refractivity contribution in [2.24, 2.45) is 0 Å². The van der Waals surface area contributed by atoms with Crippen molar-refractivity contribution in [1.29, 1.82) is 0 Å². The second-order valence-corrected chi connectivity index (χ2v) is 8.87.